The zero-order chi connectivity index (χ0) is 26.0. The summed E-state index contributed by atoms with van der Waals surface area (Å²) < 4.78 is 5.44. The van der Waals surface area contributed by atoms with Crippen molar-refractivity contribution >= 4 is 41.1 Å². The van der Waals surface area contributed by atoms with Gasteiger partial charge in [0, 0.05) is 50.4 Å². The standard InChI is InChI=1S/C26H34Cl2N4O4/c1-4-31-20(15-30-12-13-32(16(3)14-30)24(33)17-8-6-9-17)21(25(34)36-5-2)23(29-26(31)35)18-10-7-11-19(27)22(18)28/h7,10-11,16-17,23H,4-6,8-9,12-15H2,1-3H3,(H,29,35). The van der Waals surface area contributed by atoms with Crippen LogP contribution in [0.25, 0.3) is 0 Å². The van der Waals surface area contributed by atoms with E-state index in [0.717, 1.165) is 19.3 Å². The number of carbonyl (C=O) groups excluding carboxylic acids is 3. The Bertz CT molecular complexity index is 1060. The van der Waals surface area contributed by atoms with E-state index in [1.54, 1.807) is 30.0 Å². The first-order valence-corrected chi connectivity index (χ1v) is 13.5. The minimum atomic E-state index is -0.792. The number of halogens is 2. The first-order chi connectivity index (χ1) is 17.3. The molecule has 36 heavy (non-hydrogen) atoms. The Morgan fingerprint density at radius 1 is 1.17 bits per heavy atom. The normalized spacial score (nSPS) is 23.4. The average Bonchev–Trinajstić information content (AvgIpc) is 2.79. The van der Waals surface area contributed by atoms with Crippen LogP contribution in [-0.4, -0.2) is 78.0 Å². The summed E-state index contributed by atoms with van der Waals surface area (Å²) >= 11 is 12.8. The van der Waals surface area contributed by atoms with Crippen LogP contribution in [0.5, 0.6) is 0 Å². The molecule has 1 saturated carbocycles. The van der Waals surface area contributed by atoms with Crippen LogP contribution < -0.4 is 5.32 Å². The van der Waals surface area contributed by atoms with E-state index in [9.17, 15) is 14.4 Å². The minimum Gasteiger partial charge on any atom is -0.463 e. The van der Waals surface area contributed by atoms with Crippen molar-refractivity contribution in [2.45, 2.75) is 52.1 Å². The quantitative estimate of drug-likeness (QED) is 0.527. The lowest BCUT2D eigenvalue weighted by Gasteiger charge is -2.44. The zero-order valence-corrected chi connectivity index (χ0v) is 22.6. The van der Waals surface area contributed by atoms with Crippen molar-refractivity contribution in [2.75, 3.05) is 39.3 Å². The summed E-state index contributed by atoms with van der Waals surface area (Å²) in [6.07, 6.45) is 3.09. The van der Waals surface area contributed by atoms with Crippen LogP contribution in [0.4, 0.5) is 4.79 Å². The van der Waals surface area contributed by atoms with Gasteiger partial charge in [-0.1, -0.05) is 41.8 Å². The summed E-state index contributed by atoms with van der Waals surface area (Å²) in [5.74, 6) is -0.0838. The van der Waals surface area contributed by atoms with E-state index in [1.165, 1.54) is 0 Å². The van der Waals surface area contributed by atoms with Gasteiger partial charge in [0.25, 0.3) is 0 Å². The molecule has 3 aliphatic rings. The Kier molecular flexibility index (Phi) is 8.48. The molecule has 2 unspecified atom stereocenters. The number of ether oxygens (including phenoxy) is 1. The van der Waals surface area contributed by atoms with Crippen molar-refractivity contribution in [3.05, 3.63) is 45.1 Å². The topological polar surface area (TPSA) is 82.2 Å². The first-order valence-electron chi connectivity index (χ1n) is 12.7. The second kappa shape index (κ2) is 11.4. The van der Waals surface area contributed by atoms with Crippen LogP contribution in [-0.2, 0) is 14.3 Å². The number of amides is 3. The Labute approximate surface area is 222 Å². The number of likely N-dealkylation sites (N-methyl/N-ethyl adjacent to an activating group) is 1. The van der Waals surface area contributed by atoms with Gasteiger partial charge >= 0.3 is 12.0 Å². The van der Waals surface area contributed by atoms with Crippen molar-refractivity contribution in [1.29, 1.82) is 0 Å². The van der Waals surface area contributed by atoms with Crippen molar-refractivity contribution < 1.29 is 19.1 Å². The summed E-state index contributed by atoms with van der Waals surface area (Å²) in [5, 5.41) is 3.55. The summed E-state index contributed by atoms with van der Waals surface area (Å²) in [5.41, 5.74) is 1.48. The Morgan fingerprint density at radius 2 is 1.92 bits per heavy atom. The SMILES string of the molecule is CCOC(=O)C1=C(CN2CCN(C(=O)C3CCC3)C(C)C2)N(CC)C(=O)NC1c1cccc(Cl)c1Cl. The molecule has 2 heterocycles. The van der Waals surface area contributed by atoms with E-state index in [2.05, 4.69) is 17.1 Å². The molecule has 0 aromatic heterocycles. The molecular weight excluding hydrogens is 503 g/mol. The maximum Gasteiger partial charge on any atom is 0.338 e. The van der Waals surface area contributed by atoms with Gasteiger partial charge in [-0.15, -0.1) is 0 Å². The summed E-state index contributed by atoms with van der Waals surface area (Å²) in [4.78, 5) is 45.1. The highest BCUT2D eigenvalue weighted by molar-refractivity contribution is 6.42. The molecule has 0 radical (unpaired) electrons. The van der Waals surface area contributed by atoms with Crippen molar-refractivity contribution in [2.24, 2.45) is 5.92 Å². The molecule has 10 heteroatoms. The lowest BCUT2D eigenvalue weighted by molar-refractivity contribution is -0.142. The van der Waals surface area contributed by atoms with Gasteiger partial charge < -0.3 is 15.0 Å². The number of hydrogen-bond acceptors (Lipinski definition) is 5. The van der Waals surface area contributed by atoms with Gasteiger partial charge in [-0.3, -0.25) is 14.6 Å². The Hall–Kier alpha value is -2.29. The van der Waals surface area contributed by atoms with Crippen LogP contribution in [0, 0.1) is 5.92 Å². The summed E-state index contributed by atoms with van der Waals surface area (Å²) in [6, 6.07) is 4.10. The van der Waals surface area contributed by atoms with Crippen LogP contribution in [0.15, 0.2) is 29.5 Å². The van der Waals surface area contributed by atoms with E-state index in [4.69, 9.17) is 27.9 Å². The van der Waals surface area contributed by atoms with Crippen LogP contribution in [0.3, 0.4) is 0 Å². The molecule has 1 aromatic carbocycles. The highest BCUT2D eigenvalue weighted by Crippen LogP contribution is 2.38. The molecule has 0 spiro atoms. The fourth-order valence-corrected chi connectivity index (χ4v) is 5.66. The maximum atomic E-state index is 13.3. The molecule has 1 aromatic rings. The second-order valence-electron chi connectivity index (χ2n) is 9.59. The van der Waals surface area contributed by atoms with Crippen LogP contribution in [0.2, 0.25) is 10.0 Å². The molecule has 0 bridgehead atoms. The molecular formula is C26H34Cl2N4O4. The van der Waals surface area contributed by atoms with Crippen molar-refractivity contribution in [1.82, 2.24) is 20.0 Å². The summed E-state index contributed by atoms with van der Waals surface area (Å²) in [6.45, 7) is 8.57. The molecule has 3 amide bonds. The average molecular weight is 537 g/mol. The number of benzene rings is 1. The number of carbonyl (C=O) groups is 3. The molecule has 196 valence electrons. The monoisotopic (exact) mass is 536 g/mol. The molecule has 1 aliphatic carbocycles. The Balaban J connectivity index is 1.67. The van der Waals surface area contributed by atoms with E-state index < -0.39 is 12.0 Å². The largest absolute Gasteiger partial charge is 0.463 e. The third-order valence-corrected chi connectivity index (χ3v) is 8.20. The molecule has 2 aliphatic heterocycles. The number of esters is 1. The number of urea groups is 1. The van der Waals surface area contributed by atoms with Gasteiger partial charge in [0.05, 0.1) is 28.3 Å². The third kappa shape index (κ3) is 5.22. The van der Waals surface area contributed by atoms with Gasteiger partial charge in [0.2, 0.25) is 5.91 Å². The lowest BCUT2D eigenvalue weighted by Crippen LogP contribution is -2.57. The fourth-order valence-electron chi connectivity index (χ4n) is 5.24. The summed E-state index contributed by atoms with van der Waals surface area (Å²) in [7, 11) is 0. The first kappa shape index (κ1) is 26.8. The van der Waals surface area contributed by atoms with Crippen molar-refractivity contribution in [3.8, 4) is 0 Å². The molecule has 4 rings (SSSR count). The number of rotatable bonds is 7. The lowest BCUT2D eigenvalue weighted by atomic mass is 9.84. The highest BCUT2D eigenvalue weighted by atomic mass is 35.5. The minimum absolute atomic E-state index is 0.0455. The molecule has 2 fully saturated rings. The van der Waals surface area contributed by atoms with Gasteiger partial charge in [-0.25, -0.2) is 9.59 Å². The number of nitrogens with zero attached hydrogens (tertiary/aromatic N) is 3. The Morgan fingerprint density at radius 3 is 2.53 bits per heavy atom. The van der Waals surface area contributed by atoms with Gasteiger partial charge in [-0.05, 0) is 45.2 Å². The van der Waals surface area contributed by atoms with Gasteiger partial charge in [0.1, 0.15) is 0 Å². The van der Waals surface area contributed by atoms with Crippen LogP contribution >= 0.6 is 23.2 Å². The fraction of sp³-hybridized carbons (Fsp3) is 0.577. The predicted octanol–water partition coefficient (Wildman–Crippen LogP) is 4.23. The number of hydrogen-bond donors (Lipinski definition) is 1. The van der Waals surface area contributed by atoms with Gasteiger partial charge in [-0.2, -0.15) is 0 Å². The van der Waals surface area contributed by atoms with Gasteiger partial charge in [0.15, 0.2) is 0 Å². The second-order valence-corrected chi connectivity index (χ2v) is 10.4. The molecule has 1 saturated heterocycles. The maximum absolute atomic E-state index is 13.3. The van der Waals surface area contributed by atoms with E-state index in [1.807, 2.05) is 11.8 Å². The zero-order valence-electron chi connectivity index (χ0n) is 21.1. The molecule has 1 N–H and O–H groups in total. The smallest absolute Gasteiger partial charge is 0.338 e. The third-order valence-electron chi connectivity index (χ3n) is 7.36. The highest BCUT2D eigenvalue weighted by Gasteiger charge is 2.40. The molecule has 8 nitrogen and oxygen atoms in total. The van der Waals surface area contributed by atoms with E-state index in [0.29, 0.717) is 54.6 Å². The number of nitrogens with one attached hydrogen (secondary N) is 1. The predicted molar refractivity (Wildman–Crippen MR) is 139 cm³/mol. The number of piperazine rings is 1. The molecule has 2 atom stereocenters. The van der Waals surface area contributed by atoms with Crippen molar-refractivity contribution in [3.63, 3.8) is 0 Å². The van der Waals surface area contributed by atoms with Crippen LogP contribution in [0.1, 0.15) is 51.6 Å². The van der Waals surface area contributed by atoms with E-state index in [-0.39, 0.29) is 35.5 Å². The van der Waals surface area contributed by atoms with E-state index >= 15 is 0 Å².